The minimum absolute atomic E-state index is 0.659. The van der Waals surface area contributed by atoms with Crippen LogP contribution in [0.1, 0.15) is 26.3 Å². The lowest BCUT2D eigenvalue weighted by Crippen LogP contribution is -2.48. The van der Waals surface area contributed by atoms with E-state index in [0.717, 1.165) is 39.3 Å². The molecule has 20 heavy (non-hydrogen) atoms. The fourth-order valence-electron chi connectivity index (χ4n) is 2.63. The van der Waals surface area contributed by atoms with Crippen molar-refractivity contribution < 1.29 is 0 Å². The molecule has 1 aromatic carbocycles. The molecule has 0 unspecified atom stereocenters. The largest absolute Gasteiger partial charge is 0.369 e. The molecule has 1 heterocycles. The summed E-state index contributed by atoms with van der Waals surface area (Å²) < 4.78 is 1.21. The highest BCUT2D eigenvalue weighted by Crippen LogP contribution is 2.25. The van der Waals surface area contributed by atoms with Gasteiger partial charge >= 0.3 is 0 Å². The van der Waals surface area contributed by atoms with Gasteiger partial charge < -0.3 is 10.2 Å². The molecule has 1 aliphatic heterocycles. The van der Waals surface area contributed by atoms with Crippen molar-refractivity contribution in [1.82, 2.24) is 10.2 Å². The molecule has 3 nitrogen and oxygen atoms in total. The van der Waals surface area contributed by atoms with E-state index < -0.39 is 0 Å². The molecule has 0 saturated carbocycles. The highest BCUT2D eigenvalue weighted by atomic mass is 79.9. The van der Waals surface area contributed by atoms with Crippen molar-refractivity contribution in [1.29, 1.82) is 0 Å². The number of benzene rings is 1. The number of hydrogen-bond donors (Lipinski definition) is 1. The second-order valence-electron chi connectivity index (χ2n) is 5.67. The maximum atomic E-state index is 3.70. The van der Waals surface area contributed by atoms with Crippen LogP contribution in [0.15, 0.2) is 22.7 Å². The van der Waals surface area contributed by atoms with Crippen molar-refractivity contribution in [3.63, 3.8) is 0 Å². The molecule has 2 rings (SSSR count). The Hall–Kier alpha value is -0.580. The van der Waals surface area contributed by atoms with Crippen LogP contribution in [0.3, 0.4) is 0 Å². The number of nitrogens with zero attached hydrogens (tertiary/aromatic N) is 2. The molecule has 0 bridgehead atoms. The van der Waals surface area contributed by atoms with Crippen LogP contribution in [-0.2, 0) is 6.54 Å². The molecule has 1 N–H and O–H groups in total. The van der Waals surface area contributed by atoms with Crippen LogP contribution < -0.4 is 10.2 Å². The summed E-state index contributed by atoms with van der Waals surface area (Å²) >= 11 is 3.70. The Morgan fingerprint density at radius 1 is 1.20 bits per heavy atom. The van der Waals surface area contributed by atoms with Gasteiger partial charge in [0.15, 0.2) is 0 Å². The standard InChI is InChI=1S/C16H26BrN3/c1-4-18-12-14-5-6-15(11-16(14)17)20-9-7-19(8-10-20)13(2)3/h5-6,11,13,18H,4,7-10,12H2,1-3H3. The minimum atomic E-state index is 0.659. The van der Waals surface area contributed by atoms with Crippen LogP contribution >= 0.6 is 15.9 Å². The number of anilines is 1. The van der Waals surface area contributed by atoms with Crippen molar-refractivity contribution in [2.75, 3.05) is 37.6 Å². The summed E-state index contributed by atoms with van der Waals surface area (Å²) in [6, 6.07) is 7.41. The summed E-state index contributed by atoms with van der Waals surface area (Å²) in [6.07, 6.45) is 0. The quantitative estimate of drug-likeness (QED) is 0.889. The average molecular weight is 340 g/mol. The molecule has 0 atom stereocenters. The molecule has 0 aliphatic carbocycles. The lowest BCUT2D eigenvalue weighted by atomic mass is 10.1. The van der Waals surface area contributed by atoms with E-state index in [1.807, 2.05) is 0 Å². The lowest BCUT2D eigenvalue weighted by Gasteiger charge is -2.38. The van der Waals surface area contributed by atoms with Gasteiger partial charge in [-0.15, -0.1) is 0 Å². The van der Waals surface area contributed by atoms with E-state index in [-0.39, 0.29) is 0 Å². The normalized spacial score (nSPS) is 16.9. The van der Waals surface area contributed by atoms with Gasteiger partial charge in [-0.25, -0.2) is 0 Å². The Kier molecular flexibility index (Phi) is 5.87. The molecule has 0 spiro atoms. The second kappa shape index (κ2) is 7.43. The number of hydrogen-bond acceptors (Lipinski definition) is 3. The van der Waals surface area contributed by atoms with Gasteiger partial charge in [0.1, 0.15) is 0 Å². The summed E-state index contributed by atoms with van der Waals surface area (Å²) in [7, 11) is 0. The summed E-state index contributed by atoms with van der Waals surface area (Å²) in [5.74, 6) is 0. The van der Waals surface area contributed by atoms with Gasteiger partial charge in [-0.2, -0.15) is 0 Å². The van der Waals surface area contributed by atoms with Crippen LogP contribution in [0.4, 0.5) is 5.69 Å². The number of nitrogens with one attached hydrogen (secondary N) is 1. The molecule has 0 radical (unpaired) electrons. The smallest absolute Gasteiger partial charge is 0.0378 e. The van der Waals surface area contributed by atoms with E-state index in [2.05, 4.69) is 70.0 Å². The van der Waals surface area contributed by atoms with Gasteiger partial charge in [0.25, 0.3) is 0 Å². The SMILES string of the molecule is CCNCc1ccc(N2CCN(C(C)C)CC2)cc1Br. The van der Waals surface area contributed by atoms with Crippen molar-refractivity contribution in [3.8, 4) is 0 Å². The Bertz CT molecular complexity index is 426. The molecule has 0 aromatic heterocycles. The van der Waals surface area contributed by atoms with Crippen LogP contribution in [0.25, 0.3) is 0 Å². The molecular weight excluding hydrogens is 314 g/mol. The van der Waals surface area contributed by atoms with Crippen molar-refractivity contribution in [2.45, 2.75) is 33.4 Å². The Labute approximate surface area is 131 Å². The zero-order chi connectivity index (χ0) is 14.5. The molecule has 0 amide bonds. The molecular formula is C16H26BrN3. The fourth-order valence-corrected chi connectivity index (χ4v) is 3.14. The third-order valence-electron chi connectivity index (χ3n) is 4.01. The number of piperazine rings is 1. The first-order chi connectivity index (χ1) is 9.61. The number of halogens is 1. The predicted molar refractivity (Wildman–Crippen MR) is 90.4 cm³/mol. The van der Waals surface area contributed by atoms with Gasteiger partial charge in [0.05, 0.1) is 0 Å². The highest BCUT2D eigenvalue weighted by molar-refractivity contribution is 9.10. The summed E-state index contributed by atoms with van der Waals surface area (Å²) in [6.45, 7) is 13.2. The van der Waals surface area contributed by atoms with E-state index in [1.54, 1.807) is 0 Å². The Morgan fingerprint density at radius 3 is 2.45 bits per heavy atom. The predicted octanol–water partition coefficient (Wildman–Crippen LogP) is 3.09. The van der Waals surface area contributed by atoms with Gasteiger partial charge in [0.2, 0.25) is 0 Å². The van der Waals surface area contributed by atoms with Crippen molar-refractivity contribution in [2.24, 2.45) is 0 Å². The maximum absolute atomic E-state index is 3.70. The topological polar surface area (TPSA) is 18.5 Å². The number of rotatable bonds is 5. The van der Waals surface area contributed by atoms with Crippen molar-refractivity contribution in [3.05, 3.63) is 28.2 Å². The molecule has 1 fully saturated rings. The lowest BCUT2D eigenvalue weighted by molar-refractivity contribution is 0.209. The zero-order valence-electron chi connectivity index (χ0n) is 12.8. The first-order valence-corrected chi connectivity index (χ1v) is 8.39. The van der Waals surface area contributed by atoms with E-state index in [4.69, 9.17) is 0 Å². The first-order valence-electron chi connectivity index (χ1n) is 7.60. The van der Waals surface area contributed by atoms with Crippen LogP contribution in [0.5, 0.6) is 0 Å². The van der Waals surface area contributed by atoms with Gasteiger partial charge in [-0.05, 0) is 38.1 Å². The average Bonchev–Trinajstić information content (AvgIpc) is 2.46. The van der Waals surface area contributed by atoms with Crippen molar-refractivity contribution >= 4 is 21.6 Å². The summed E-state index contributed by atoms with van der Waals surface area (Å²) in [4.78, 5) is 5.03. The monoisotopic (exact) mass is 339 g/mol. The third-order valence-corrected chi connectivity index (χ3v) is 4.75. The van der Waals surface area contributed by atoms with Crippen LogP contribution in [-0.4, -0.2) is 43.7 Å². The zero-order valence-corrected chi connectivity index (χ0v) is 14.4. The first kappa shape index (κ1) is 15.8. The van der Waals surface area contributed by atoms with E-state index in [0.29, 0.717) is 6.04 Å². The van der Waals surface area contributed by atoms with E-state index >= 15 is 0 Å². The Balaban J connectivity index is 1.98. The Morgan fingerprint density at radius 2 is 1.90 bits per heavy atom. The molecule has 1 saturated heterocycles. The van der Waals surface area contributed by atoms with Gasteiger partial charge in [-0.3, -0.25) is 4.90 Å². The van der Waals surface area contributed by atoms with E-state index in [9.17, 15) is 0 Å². The van der Waals surface area contributed by atoms with Gasteiger partial charge in [-0.1, -0.05) is 28.9 Å². The highest BCUT2D eigenvalue weighted by Gasteiger charge is 2.19. The summed E-state index contributed by atoms with van der Waals surface area (Å²) in [5, 5.41) is 3.37. The third kappa shape index (κ3) is 3.96. The second-order valence-corrected chi connectivity index (χ2v) is 6.53. The van der Waals surface area contributed by atoms with E-state index in [1.165, 1.54) is 15.7 Å². The van der Waals surface area contributed by atoms with Gasteiger partial charge in [0, 0.05) is 48.9 Å². The van der Waals surface area contributed by atoms with Crippen LogP contribution in [0.2, 0.25) is 0 Å². The summed E-state index contributed by atoms with van der Waals surface area (Å²) in [5.41, 5.74) is 2.66. The molecule has 1 aromatic rings. The molecule has 112 valence electrons. The molecule has 4 heteroatoms. The minimum Gasteiger partial charge on any atom is -0.369 e. The molecule has 1 aliphatic rings. The fraction of sp³-hybridized carbons (Fsp3) is 0.625. The maximum Gasteiger partial charge on any atom is 0.0378 e. The van der Waals surface area contributed by atoms with Crippen LogP contribution in [0, 0.1) is 0 Å².